The van der Waals surface area contributed by atoms with Crippen molar-refractivity contribution in [3.05, 3.63) is 12.3 Å². The number of unbranched alkanes of at least 4 members (excludes halogenated alkanes) is 9. The van der Waals surface area contributed by atoms with E-state index < -0.39 is 5.97 Å². The van der Waals surface area contributed by atoms with Gasteiger partial charge in [-0.2, -0.15) is 0 Å². The van der Waals surface area contributed by atoms with Gasteiger partial charge >= 0.3 is 5.97 Å². The highest BCUT2D eigenvalue weighted by atomic mass is 16.6. The summed E-state index contributed by atoms with van der Waals surface area (Å²) in [6, 6.07) is 0. The van der Waals surface area contributed by atoms with Crippen LogP contribution in [0.15, 0.2) is 12.3 Å². The number of hydrogen-bond acceptors (Lipinski definition) is 3. The van der Waals surface area contributed by atoms with Crippen LogP contribution in [0.25, 0.3) is 0 Å². The van der Waals surface area contributed by atoms with Gasteiger partial charge in [0.15, 0.2) is 5.76 Å². The Labute approximate surface area is 124 Å². The van der Waals surface area contributed by atoms with E-state index in [0.717, 1.165) is 12.8 Å². The number of ether oxygens (including phenoxy) is 2. The standard InChI is InChI=1S/C17H32O3/c1-4-6-7-8-9-10-11-12-13-14-15-20-17(18)16(3)19-5-2/h3-15H2,1-2H3. The van der Waals surface area contributed by atoms with Crippen molar-refractivity contribution in [1.82, 2.24) is 0 Å². The van der Waals surface area contributed by atoms with Gasteiger partial charge in [0.25, 0.3) is 0 Å². The minimum Gasteiger partial charge on any atom is -0.487 e. The molecule has 0 aromatic carbocycles. The van der Waals surface area contributed by atoms with Crippen LogP contribution < -0.4 is 0 Å². The average molecular weight is 284 g/mol. The summed E-state index contributed by atoms with van der Waals surface area (Å²) >= 11 is 0. The molecule has 0 N–H and O–H groups in total. The summed E-state index contributed by atoms with van der Waals surface area (Å²) in [7, 11) is 0. The van der Waals surface area contributed by atoms with Crippen LogP contribution >= 0.6 is 0 Å². The maximum Gasteiger partial charge on any atom is 0.372 e. The first-order chi connectivity index (χ1) is 9.72. The van der Waals surface area contributed by atoms with Gasteiger partial charge in [0, 0.05) is 0 Å². The summed E-state index contributed by atoms with van der Waals surface area (Å²) in [5.74, 6) is -0.317. The molecule has 0 aliphatic rings. The van der Waals surface area contributed by atoms with Gasteiger partial charge in [0.1, 0.15) is 0 Å². The Kier molecular flexibility index (Phi) is 13.7. The van der Waals surface area contributed by atoms with Gasteiger partial charge in [0.2, 0.25) is 0 Å². The Bertz CT molecular complexity index is 249. The van der Waals surface area contributed by atoms with E-state index in [9.17, 15) is 4.79 Å². The molecular weight excluding hydrogens is 252 g/mol. The molecule has 0 fully saturated rings. The maximum atomic E-state index is 11.3. The fourth-order valence-corrected chi connectivity index (χ4v) is 2.07. The van der Waals surface area contributed by atoms with Gasteiger partial charge in [-0.05, 0) is 19.9 Å². The molecule has 0 amide bonds. The van der Waals surface area contributed by atoms with Gasteiger partial charge < -0.3 is 9.47 Å². The van der Waals surface area contributed by atoms with Gasteiger partial charge in [-0.15, -0.1) is 0 Å². The molecule has 0 unspecified atom stereocenters. The summed E-state index contributed by atoms with van der Waals surface area (Å²) in [6.07, 6.45) is 12.7. The maximum absolute atomic E-state index is 11.3. The monoisotopic (exact) mass is 284 g/mol. The quantitative estimate of drug-likeness (QED) is 0.195. The van der Waals surface area contributed by atoms with Crippen molar-refractivity contribution >= 4 is 5.97 Å². The highest BCUT2D eigenvalue weighted by Crippen LogP contribution is 2.10. The first kappa shape index (κ1) is 19.0. The van der Waals surface area contributed by atoms with E-state index in [1.165, 1.54) is 51.4 Å². The van der Waals surface area contributed by atoms with E-state index in [4.69, 9.17) is 9.47 Å². The van der Waals surface area contributed by atoms with Crippen LogP contribution in [0.1, 0.15) is 78.1 Å². The van der Waals surface area contributed by atoms with E-state index in [0.29, 0.717) is 13.2 Å². The third-order valence-corrected chi connectivity index (χ3v) is 3.28. The molecule has 3 heteroatoms. The van der Waals surface area contributed by atoms with E-state index >= 15 is 0 Å². The van der Waals surface area contributed by atoms with E-state index in [2.05, 4.69) is 13.5 Å². The zero-order valence-electron chi connectivity index (χ0n) is 13.4. The lowest BCUT2D eigenvalue weighted by molar-refractivity contribution is -0.143. The minimum absolute atomic E-state index is 0.111. The van der Waals surface area contributed by atoms with Crippen LogP contribution in [0.3, 0.4) is 0 Å². The summed E-state index contributed by atoms with van der Waals surface area (Å²) in [4.78, 5) is 11.3. The number of esters is 1. The Hall–Kier alpha value is -0.990. The highest BCUT2D eigenvalue weighted by molar-refractivity contribution is 5.85. The lowest BCUT2D eigenvalue weighted by atomic mass is 10.1. The molecule has 0 radical (unpaired) electrons. The summed E-state index contributed by atoms with van der Waals surface area (Å²) in [6.45, 7) is 8.51. The zero-order chi connectivity index (χ0) is 15.1. The first-order valence-corrected chi connectivity index (χ1v) is 8.21. The van der Waals surface area contributed by atoms with Gasteiger partial charge in [-0.1, -0.05) is 64.7 Å². The summed E-state index contributed by atoms with van der Waals surface area (Å²) in [5.41, 5.74) is 0. The molecule has 3 nitrogen and oxygen atoms in total. The van der Waals surface area contributed by atoms with Crippen molar-refractivity contribution in [2.24, 2.45) is 0 Å². The van der Waals surface area contributed by atoms with Crippen LogP contribution in [0, 0.1) is 0 Å². The third-order valence-electron chi connectivity index (χ3n) is 3.28. The lowest BCUT2D eigenvalue weighted by Crippen LogP contribution is -2.10. The van der Waals surface area contributed by atoms with Crippen molar-refractivity contribution < 1.29 is 14.3 Å². The molecule has 0 saturated heterocycles. The molecule has 0 heterocycles. The molecule has 0 aromatic heterocycles. The number of carbonyl (C=O) groups is 1. The molecule has 0 rings (SSSR count). The molecule has 0 spiro atoms. The molecule has 0 atom stereocenters. The second-order valence-corrected chi connectivity index (χ2v) is 5.17. The topological polar surface area (TPSA) is 35.5 Å². The van der Waals surface area contributed by atoms with Crippen molar-refractivity contribution in [3.63, 3.8) is 0 Å². The van der Waals surface area contributed by atoms with Crippen molar-refractivity contribution in [3.8, 4) is 0 Å². The normalized spacial score (nSPS) is 10.3. The molecule has 20 heavy (non-hydrogen) atoms. The van der Waals surface area contributed by atoms with Crippen molar-refractivity contribution in [2.45, 2.75) is 78.1 Å². The third kappa shape index (κ3) is 12.1. The SMILES string of the molecule is C=C(OCC)C(=O)OCCCCCCCCCCCC. The van der Waals surface area contributed by atoms with Crippen LogP contribution in [0.2, 0.25) is 0 Å². The number of hydrogen-bond donors (Lipinski definition) is 0. The fourth-order valence-electron chi connectivity index (χ4n) is 2.07. The molecule has 0 aliphatic carbocycles. The first-order valence-electron chi connectivity index (χ1n) is 8.21. The van der Waals surface area contributed by atoms with E-state index in [1.54, 1.807) is 0 Å². The molecular formula is C17H32O3. The van der Waals surface area contributed by atoms with Gasteiger partial charge in [-0.25, -0.2) is 4.79 Å². The molecule has 118 valence electrons. The molecule has 0 aromatic rings. The van der Waals surface area contributed by atoms with Gasteiger partial charge in [-0.3, -0.25) is 0 Å². The minimum atomic E-state index is -0.428. The van der Waals surface area contributed by atoms with Crippen molar-refractivity contribution in [1.29, 1.82) is 0 Å². The molecule has 0 aliphatic heterocycles. The Morgan fingerprint density at radius 1 is 0.800 bits per heavy atom. The van der Waals surface area contributed by atoms with Crippen LogP contribution in [0.5, 0.6) is 0 Å². The van der Waals surface area contributed by atoms with Crippen LogP contribution in [0.4, 0.5) is 0 Å². The second-order valence-electron chi connectivity index (χ2n) is 5.17. The lowest BCUT2D eigenvalue weighted by Gasteiger charge is -2.07. The van der Waals surface area contributed by atoms with Crippen molar-refractivity contribution in [2.75, 3.05) is 13.2 Å². The summed E-state index contributed by atoms with van der Waals surface area (Å²) in [5, 5.41) is 0. The average Bonchev–Trinajstić information content (AvgIpc) is 2.44. The summed E-state index contributed by atoms with van der Waals surface area (Å²) < 4.78 is 10.0. The van der Waals surface area contributed by atoms with Crippen LogP contribution in [-0.2, 0) is 14.3 Å². The smallest absolute Gasteiger partial charge is 0.372 e. The Morgan fingerprint density at radius 2 is 1.30 bits per heavy atom. The van der Waals surface area contributed by atoms with E-state index in [-0.39, 0.29) is 5.76 Å². The molecule has 0 saturated carbocycles. The number of rotatable bonds is 14. The van der Waals surface area contributed by atoms with Gasteiger partial charge in [0.05, 0.1) is 13.2 Å². The van der Waals surface area contributed by atoms with Crippen LogP contribution in [-0.4, -0.2) is 19.2 Å². The zero-order valence-corrected chi connectivity index (χ0v) is 13.4. The molecule has 0 bridgehead atoms. The fraction of sp³-hybridized carbons (Fsp3) is 0.824. The highest BCUT2D eigenvalue weighted by Gasteiger charge is 2.08. The predicted octanol–water partition coefficient (Wildman–Crippen LogP) is 5.00. The second kappa shape index (κ2) is 14.4. The Balaban J connectivity index is 3.20. The largest absolute Gasteiger partial charge is 0.487 e. The predicted molar refractivity (Wildman–Crippen MR) is 83.6 cm³/mol. The Morgan fingerprint density at radius 3 is 1.80 bits per heavy atom. The number of carbonyl (C=O) groups excluding carboxylic acids is 1. The van der Waals surface area contributed by atoms with E-state index in [1.807, 2.05) is 6.92 Å².